The number of methoxy groups -OCH3 is 1. The molecule has 2 aromatic rings. The molecule has 88 valence electrons. The molecule has 0 bridgehead atoms. The summed E-state index contributed by atoms with van der Waals surface area (Å²) in [5.74, 6) is -0.389. The standard InChI is InChI=1S/C14H13ClO2/c1-17-14(16)13(15)9-10-6-7-11-4-2-3-5-12(11)8-10/h2-8,13H,9H2,1H3. The van der Waals surface area contributed by atoms with E-state index in [2.05, 4.69) is 10.8 Å². The van der Waals surface area contributed by atoms with Crippen LogP contribution in [0.2, 0.25) is 0 Å². The van der Waals surface area contributed by atoms with Gasteiger partial charge in [-0.25, -0.2) is 0 Å². The Balaban J connectivity index is 2.22. The van der Waals surface area contributed by atoms with Crippen LogP contribution in [0.5, 0.6) is 0 Å². The first-order chi connectivity index (χ1) is 8.20. The Hall–Kier alpha value is -1.54. The quantitative estimate of drug-likeness (QED) is 0.616. The first kappa shape index (κ1) is 11.9. The average molecular weight is 249 g/mol. The SMILES string of the molecule is COC(=O)C(Cl)Cc1ccc2ccccc2c1. The first-order valence-corrected chi connectivity index (χ1v) is 5.84. The summed E-state index contributed by atoms with van der Waals surface area (Å²) in [5, 5.41) is 1.71. The summed E-state index contributed by atoms with van der Waals surface area (Å²) in [6, 6.07) is 14.2. The Morgan fingerprint density at radius 1 is 1.24 bits per heavy atom. The normalized spacial score (nSPS) is 12.4. The average Bonchev–Trinajstić information content (AvgIpc) is 2.37. The number of rotatable bonds is 3. The fraction of sp³-hybridized carbons (Fsp3) is 0.214. The van der Waals surface area contributed by atoms with Gasteiger partial charge in [0.25, 0.3) is 0 Å². The van der Waals surface area contributed by atoms with E-state index in [1.807, 2.05) is 36.4 Å². The van der Waals surface area contributed by atoms with Gasteiger partial charge in [-0.3, -0.25) is 4.79 Å². The summed E-state index contributed by atoms with van der Waals surface area (Å²) in [6.07, 6.45) is 0.485. The van der Waals surface area contributed by atoms with E-state index in [-0.39, 0.29) is 5.97 Å². The molecule has 0 spiro atoms. The van der Waals surface area contributed by atoms with E-state index in [9.17, 15) is 4.79 Å². The second kappa shape index (κ2) is 5.19. The molecule has 1 atom stereocenters. The lowest BCUT2D eigenvalue weighted by molar-refractivity contribution is -0.140. The van der Waals surface area contributed by atoms with Crippen molar-refractivity contribution in [3.8, 4) is 0 Å². The van der Waals surface area contributed by atoms with Crippen molar-refractivity contribution in [2.24, 2.45) is 0 Å². The molecule has 0 saturated heterocycles. The number of alkyl halides is 1. The van der Waals surface area contributed by atoms with E-state index in [0.29, 0.717) is 6.42 Å². The molecule has 0 aliphatic carbocycles. The van der Waals surface area contributed by atoms with Gasteiger partial charge < -0.3 is 4.74 Å². The van der Waals surface area contributed by atoms with Crippen LogP contribution < -0.4 is 0 Å². The van der Waals surface area contributed by atoms with Gasteiger partial charge in [-0.2, -0.15) is 0 Å². The Bertz CT molecular complexity index is 536. The zero-order valence-corrected chi connectivity index (χ0v) is 10.3. The van der Waals surface area contributed by atoms with Gasteiger partial charge in [-0.1, -0.05) is 42.5 Å². The first-order valence-electron chi connectivity index (χ1n) is 5.40. The second-order valence-corrected chi connectivity index (χ2v) is 4.40. The molecule has 1 unspecified atom stereocenters. The molecule has 2 aromatic carbocycles. The van der Waals surface area contributed by atoms with Crippen LogP contribution in [0.25, 0.3) is 10.8 Å². The second-order valence-electron chi connectivity index (χ2n) is 3.88. The fourth-order valence-electron chi connectivity index (χ4n) is 1.78. The van der Waals surface area contributed by atoms with E-state index in [1.165, 1.54) is 12.5 Å². The van der Waals surface area contributed by atoms with Crippen molar-refractivity contribution in [2.75, 3.05) is 7.11 Å². The molecule has 17 heavy (non-hydrogen) atoms. The number of fused-ring (bicyclic) bond motifs is 1. The molecule has 0 N–H and O–H groups in total. The van der Waals surface area contributed by atoms with Gasteiger partial charge in [0, 0.05) is 0 Å². The number of carbonyl (C=O) groups excluding carboxylic acids is 1. The number of carbonyl (C=O) groups is 1. The number of hydrogen-bond donors (Lipinski definition) is 0. The summed E-state index contributed by atoms with van der Waals surface area (Å²) in [5.41, 5.74) is 1.04. The summed E-state index contributed by atoms with van der Waals surface area (Å²) < 4.78 is 4.60. The van der Waals surface area contributed by atoms with Gasteiger partial charge in [0.1, 0.15) is 5.38 Å². The molecule has 0 aliphatic heterocycles. The highest BCUT2D eigenvalue weighted by Gasteiger charge is 2.16. The van der Waals surface area contributed by atoms with Gasteiger partial charge in [-0.05, 0) is 22.8 Å². The lowest BCUT2D eigenvalue weighted by atomic mass is 10.0. The van der Waals surface area contributed by atoms with Crippen LogP contribution in [0.4, 0.5) is 0 Å². The molecule has 0 radical (unpaired) electrons. The monoisotopic (exact) mass is 248 g/mol. The number of halogens is 1. The van der Waals surface area contributed by atoms with Crippen LogP contribution in [-0.2, 0) is 16.0 Å². The Kier molecular flexibility index (Phi) is 3.64. The highest BCUT2D eigenvalue weighted by Crippen LogP contribution is 2.18. The minimum atomic E-state index is -0.624. The van der Waals surface area contributed by atoms with Crippen LogP contribution in [0.1, 0.15) is 5.56 Å². The topological polar surface area (TPSA) is 26.3 Å². The molecule has 2 rings (SSSR count). The van der Waals surface area contributed by atoms with Gasteiger partial charge in [0.05, 0.1) is 7.11 Å². The lowest BCUT2D eigenvalue weighted by Crippen LogP contribution is -2.18. The molecule has 0 amide bonds. The molecule has 2 nitrogen and oxygen atoms in total. The Morgan fingerprint density at radius 3 is 2.65 bits per heavy atom. The van der Waals surface area contributed by atoms with Gasteiger partial charge >= 0.3 is 5.97 Å². The minimum absolute atomic E-state index is 0.389. The minimum Gasteiger partial charge on any atom is -0.468 e. The van der Waals surface area contributed by atoms with Crippen molar-refractivity contribution in [3.63, 3.8) is 0 Å². The third-order valence-corrected chi connectivity index (χ3v) is 3.02. The van der Waals surface area contributed by atoms with Crippen LogP contribution in [0.15, 0.2) is 42.5 Å². The van der Waals surface area contributed by atoms with Gasteiger partial charge in [0.2, 0.25) is 0 Å². The molecule has 0 saturated carbocycles. The van der Waals surface area contributed by atoms with Crippen molar-refractivity contribution in [2.45, 2.75) is 11.8 Å². The Morgan fingerprint density at radius 2 is 1.94 bits per heavy atom. The molecule has 0 heterocycles. The Labute approximate surface area is 105 Å². The van der Waals surface area contributed by atoms with Crippen molar-refractivity contribution in [1.29, 1.82) is 0 Å². The number of benzene rings is 2. The van der Waals surface area contributed by atoms with E-state index >= 15 is 0 Å². The maximum Gasteiger partial charge on any atom is 0.324 e. The highest BCUT2D eigenvalue weighted by molar-refractivity contribution is 6.30. The summed E-state index contributed by atoms with van der Waals surface area (Å²) >= 11 is 5.94. The van der Waals surface area contributed by atoms with Crippen LogP contribution in [0.3, 0.4) is 0 Å². The summed E-state index contributed by atoms with van der Waals surface area (Å²) in [4.78, 5) is 11.2. The summed E-state index contributed by atoms with van der Waals surface area (Å²) in [6.45, 7) is 0. The number of hydrogen-bond acceptors (Lipinski definition) is 2. The third kappa shape index (κ3) is 2.77. The predicted octanol–water partition coefficient (Wildman–Crippen LogP) is 3.16. The lowest BCUT2D eigenvalue weighted by Gasteiger charge is -2.08. The fourth-order valence-corrected chi connectivity index (χ4v) is 2.05. The zero-order chi connectivity index (χ0) is 12.3. The van der Waals surface area contributed by atoms with Crippen LogP contribution >= 0.6 is 11.6 Å². The van der Waals surface area contributed by atoms with Gasteiger partial charge in [0.15, 0.2) is 0 Å². The maximum absolute atomic E-state index is 11.2. The van der Waals surface area contributed by atoms with E-state index in [4.69, 9.17) is 11.6 Å². The molecule has 0 fully saturated rings. The van der Waals surface area contributed by atoms with E-state index in [0.717, 1.165) is 10.9 Å². The van der Waals surface area contributed by atoms with Crippen molar-refractivity contribution in [1.82, 2.24) is 0 Å². The molecule has 3 heteroatoms. The molecule has 0 aromatic heterocycles. The van der Waals surface area contributed by atoms with Crippen LogP contribution in [-0.4, -0.2) is 18.5 Å². The summed E-state index contributed by atoms with van der Waals surface area (Å²) in [7, 11) is 1.35. The number of esters is 1. The van der Waals surface area contributed by atoms with Crippen molar-refractivity contribution in [3.05, 3.63) is 48.0 Å². The van der Waals surface area contributed by atoms with E-state index in [1.54, 1.807) is 0 Å². The van der Waals surface area contributed by atoms with Crippen molar-refractivity contribution < 1.29 is 9.53 Å². The smallest absolute Gasteiger partial charge is 0.324 e. The largest absolute Gasteiger partial charge is 0.468 e. The van der Waals surface area contributed by atoms with E-state index < -0.39 is 5.38 Å². The van der Waals surface area contributed by atoms with Crippen molar-refractivity contribution >= 4 is 28.3 Å². The molecule has 0 aliphatic rings. The number of ether oxygens (including phenoxy) is 1. The van der Waals surface area contributed by atoms with Gasteiger partial charge in [-0.15, -0.1) is 11.6 Å². The molecular weight excluding hydrogens is 236 g/mol. The predicted molar refractivity (Wildman–Crippen MR) is 69.3 cm³/mol. The van der Waals surface area contributed by atoms with Crippen LogP contribution in [0, 0.1) is 0 Å². The third-order valence-electron chi connectivity index (χ3n) is 2.69. The highest BCUT2D eigenvalue weighted by atomic mass is 35.5. The maximum atomic E-state index is 11.2. The zero-order valence-electron chi connectivity index (χ0n) is 9.52. The molecular formula is C14H13ClO2.